The van der Waals surface area contributed by atoms with Crippen LogP contribution in [0.25, 0.3) is 0 Å². The molecule has 2 nitrogen and oxygen atoms in total. The highest BCUT2D eigenvalue weighted by Crippen LogP contribution is 2.30. The van der Waals surface area contributed by atoms with Gasteiger partial charge >= 0.3 is 0 Å². The third kappa shape index (κ3) is 4.26. The molecule has 0 saturated carbocycles. The van der Waals surface area contributed by atoms with E-state index in [4.69, 9.17) is 0 Å². The number of piperidine rings is 1. The van der Waals surface area contributed by atoms with Gasteiger partial charge in [0, 0.05) is 19.1 Å². The van der Waals surface area contributed by atoms with E-state index in [1.54, 1.807) is 0 Å². The SMILES string of the molecule is CC(C)C(C)(C)CNCC1NCCCC1(C)C. The Morgan fingerprint density at radius 2 is 2.00 bits per heavy atom. The largest absolute Gasteiger partial charge is 0.315 e. The Kier molecular flexibility index (Phi) is 5.03. The van der Waals surface area contributed by atoms with Crippen molar-refractivity contribution in [2.24, 2.45) is 16.7 Å². The third-order valence-electron chi connectivity index (χ3n) is 4.82. The van der Waals surface area contributed by atoms with Crippen molar-refractivity contribution in [1.29, 1.82) is 0 Å². The van der Waals surface area contributed by atoms with Gasteiger partial charge in [-0.15, -0.1) is 0 Å². The Bertz CT molecular complexity index is 231. The van der Waals surface area contributed by atoms with Crippen LogP contribution in [0.5, 0.6) is 0 Å². The van der Waals surface area contributed by atoms with Crippen LogP contribution in [0.1, 0.15) is 54.4 Å². The number of nitrogens with one attached hydrogen (secondary N) is 2. The monoisotopic (exact) mass is 240 g/mol. The van der Waals surface area contributed by atoms with E-state index < -0.39 is 0 Å². The molecule has 2 N–H and O–H groups in total. The molecule has 0 aromatic heterocycles. The summed E-state index contributed by atoms with van der Waals surface area (Å²) in [6, 6.07) is 0.624. The maximum absolute atomic E-state index is 3.67. The summed E-state index contributed by atoms with van der Waals surface area (Å²) in [5, 5.41) is 7.33. The molecule has 1 aliphatic heterocycles. The molecule has 0 amide bonds. The van der Waals surface area contributed by atoms with Gasteiger partial charge < -0.3 is 10.6 Å². The zero-order chi connectivity index (χ0) is 13.1. The quantitative estimate of drug-likeness (QED) is 0.772. The van der Waals surface area contributed by atoms with Crippen molar-refractivity contribution in [3.05, 3.63) is 0 Å². The summed E-state index contributed by atoms with van der Waals surface area (Å²) < 4.78 is 0. The van der Waals surface area contributed by atoms with Crippen molar-refractivity contribution in [1.82, 2.24) is 10.6 Å². The minimum Gasteiger partial charge on any atom is -0.315 e. The lowest BCUT2D eigenvalue weighted by atomic mass is 9.77. The second-order valence-corrected chi connectivity index (χ2v) is 7.37. The lowest BCUT2D eigenvalue weighted by molar-refractivity contribution is 0.165. The predicted molar refractivity (Wildman–Crippen MR) is 76.3 cm³/mol. The number of hydrogen-bond acceptors (Lipinski definition) is 2. The molecular weight excluding hydrogens is 208 g/mol. The van der Waals surface area contributed by atoms with Gasteiger partial charge in [0.05, 0.1) is 0 Å². The maximum atomic E-state index is 3.67. The fourth-order valence-corrected chi connectivity index (χ4v) is 2.36. The first-order chi connectivity index (χ1) is 7.76. The van der Waals surface area contributed by atoms with Crippen molar-refractivity contribution in [2.75, 3.05) is 19.6 Å². The summed E-state index contributed by atoms with van der Waals surface area (Å²) in [6.07, 6.45) is 2.67. The Labute approximate surface area is 108 Å². The van der Waals surface area contributed by atoms with E-state index in [1.807, 2.05) is 0 Å². The van der Waals surface area contributed by atoms with Crippen LogP contribution in [0.3, 0.4) is 0 Å². The van der Waals surface area contributed by atoms with E-state index in [-0.39, 0.29) is 0 Å². The lowest BCUT2D eigenvalue weighted by Gasteiger charge is -2.40. The molecule has 0 aliphatic carbocycles. The first-order valence-corrected chi connectivity index (χ1v) is 7.20. The highest BCUT2D eigenvalue weighted by atomic mass is 15.0. The topological polar surface area (TPSA) is 24.1 Å². The van der Waals surface area contributed by atoms with Gasteiger partial charge in [-0.2, -0.15) is 0 Å². The van der Waals surface area contributed by atoms with Crippen LogP contribution in [0, 0.1) is 16.7 Å². The smallest absolute Gasteiger partial charge is 0.0243 e. The van der Waals surface area contributed by atoms with Crippen LogP contribution in [0.2, 0.25) is 0 Å². The van der Waals surface area contributed by atoms with Gasteiger partial charge in [0.2, 0.25) is 0 Å². The highest BCUT2D eigenvalue weighted by molar-refractivity contribution is 4.90. The van der Waals surface area contributed by atoms with Crippen molar-refractivity contribution >= 4 is 0 Å². The maximum Gasteiger partial charge on any atom is 0.0243 e. The van der Waals surface area contributed by atoms with E-state index in [1.165, 1.54) is 19.4 Å². The molecule has 1 atom stereocenters. The van der Waals surface area contributed by atoms with Gasteiger partial charge in [0.25, 0.3) is 0 Å². The fraction of sp³-hybridized carbons (Fsp3) is 1.00. The molecule has 17 heavy (non-hydrogen) atoms. The molecule has 1 saturated heterocycles. The van der Waals surface area contributed by atoms with E-state index in [0.717, 1.165) is 19.0 Å². The Hall–Kier alpha value is -0.0800. The zero-order valence-corrected chi connectivity index (χ0v) is 12.7. The molecule has 1 unspecified atom stereocenters. The molecule has 1 aliphatic rings. The van der Waals surface area contributed by atoms with Crippen LogP contribution in [-0.2, 0) is 0 Å². The van der Waals surface area contributed by atoms with Crippen molar-refractivity contribution in [2.45, 2.75) is 60.4 Å². The first kappa shape index (κ1) is 15.0. The van der Waals surface area contributed by atoms with E-state index in [2.05, 4.69) is 52.2 Å². The van der Waals surface area contributed by atoms with Gasteiger partial charge in [-0.05, 0) is 36.1 Å². The predicted octanol–water partition coefficient (Wildman–Crippen LogP) is 3.04. The molecule has 0 spiro atoms. The second kappa shape index (κ2) is 5.71. The number of rotatable bonds is 5. The van der Waals surface area contributed by atoms with Crippen LogP contribution in [0.15, 0.2) is 0 Å². The van der Waals surface area contributed by atoms with Crippen molar-refractivity contribution in [3.63, 3.8) is 0 Å². The summed E-state index contributed by atoms with van der Waals surface area (Å²) in [7, 11) is 0. The van der Waals surface area contributed by atoms with Crippen LogP contribution < -0.4 is 10.6 Å². The van der Waals surface area contributed by atoms with Gasteiger partial charge in [0.15, 0.2) is 0 Å². The normalized spacial score (nSPS) is 25.2. The third-order valence-corrected chi connectivity index (χ3v) is 4.82. The Morgan fingerprint density at radius 3 is 2.53 bits per heavy atom. The first-order valence-electron chi connectivity index (χ1n) is 7.20. The minimum absolute atomic E-state index is 0.388. The van der Waals surface area contributed by atoms with Crippen LogP contribution in [0.4, 0.5) is 0 Å². The average Bonchev–Trinajstić information content (AvgIpc) is 2.20. The Balaban J connectivity index is 2.35. The lowest BCUT2D eigenvalue weighted by Crippen LogP contribution is -2.53. The molecule has 1 rings (SSSR count). The van der Waals surface area contributed by atoms with Crippen LogP contribution >= 0.6 is 0 Å². The van der Waals surface area contributed by atoms with Gasteiger partial charge in [-0.3, -0.25) is 0 Å². The van der Waals surface area contributed by atoms with Crippen molar-refractivity contribution < 1.29 is 0 Å². The second-order valence-electron chi connectivity index (χ2n) is 7.37. The molecular formula is C15H32N2. The molecule has 102 valence electrons. The fourth-order valence-electron chi connectivity index (χ4n) is 2.36. The highest BCUT2D eigenvalue weighted by Gasteiger charge is 2.32. The molecule has 1 fully saturated rings. The Morgan fingerprint density at radius 1 is 1.35 bits per heavy atom. The molecule has 0 aromatic rings. The van der Waals surface area contributed by atoms with Gasteiger partial charge in [-0.1, -0.05) is 41.5 Å². The van der Waals surface area contributed by atoms with Crippen LogP contribution in [-0.4, -0.2) is 25.7 Å². The van der Waals surface area contributed by atoms with E-state index in [0.29, 0.717) is 16.9 Å². The number of hydrogen-bond donors (Lipinski definition) is 2. The standard InChI is InChI=1S/C15H32N2/c1-12(2)15(5,6)11-16-10-13-14(3,4)8-7-9-17-13/h12-13,16-17H,7-11H2,1-6H3. The molecule has 0 aromatic carbocycles. The van der Waals surface area contributed by atoms with Gasteiger partial charge in [0.1, 0.15) is 0 Å². The average molecular weight is 240 g/mol. The van der Waals surface area contributed by atoms with E-state index in [9.17, 15) is 0 Å². The summed E-state index contributed by atoms with van der Waals surface area (Å²) >= 11 is 0. The summed E-state index contributed by atoms with van der Waals surface area (Å²) in [5.74, 6) is 0.724. The molecule has 0 radical (unpaired) electrons. The minimum atomic E-state index is 0.388. The molecule has 2 heteroatoms. The molecule has 1 heterocycles. The van der Waals surface area contributed by atoms with Gasteiger partial charge in [-0.25, -0.2) is 0 Å². The summed E-state index contributed by atoms with van der Waals surface area (Å²) in [5.41, 5.74) is 0.825. The van der Waals surface area contributed by atoms with E-state index >= 15 is 0 Å². The summed E-state index contributed by atoms with van der Waals surface area (Å²) in [6.45, 7) is 17.5. The molecule has 0 bridgehead atoms. The zero-order valence-electron chi connectivity index (χ0n) is 12.7. The summed E-state index contributed by atoms with van der Waals surface area (Å²) in [4.78, 5) is 0. The van der Waals surface area contributed by atoms with Crippen molar-refractivity contribution in [3.8, 4) is 0 Å².